The minimum absolute atomic E-state index is 0.118. The fourth-order valence-electron chi connectivity index (χ4n) is 2.67. The van der Waals surface area contributed by atoms with Crippen LogP contribution in [0.3, 0.4) is 0 Å². The van der Waals surface area contributed by atoms with E-state index in [1.807, 2.05) is 0 Å². The van der Waals surface area contributed by atoms with Crippen molar-refractivity contribution in [3.8, 4) is 22.7 Å². The van der Waals surface area contributed by atoms with E-state index in [4.69, 9.17) is 8.83 Å². The molecule has 142 valence electrons. The summed E-state index contributed by atoms with van der Waals surface area (Å²) in [4.78, 5) is 4.35. The van der Waals surface area contributed by atoms with Crippen LogP contribution < -0.4 is 4.72 Å². The molecule has 1 N–H and O–H groups in total. The van der Waals surface area contributed by atoms with Crippen LogP contribution in [0.5, 0.6) is 0 Å². The number of para-hydroxylation sites is 1. The molecular weight excluding hydrogens is 380 g/mol. The number of aromatic nitrogens is 3. The number of hydrogen-bond acceptors (Lipinski definition) is 7. The van der Waals surface area contributed by atoms with Gasteiger partial charge in [0.05, 0.1) is 16.1 Å². The predicted octanol–water partition coefficient (Wildman–Crippen LogP) is 3.81. The Labute approximate surface area is 161 Å². The highest BCUT2D eigenvalue weighted by Crippen LogP contribution is 2.29. The fourth-order valence-corrected chi connectivity index (χ4v) is 3.75. The number of nitrogens with zero attached hydrogens (tertiary/aromatic N) is 3. The number of benzene rings is 2. The van der Waals surface area contributed by atoms with Gasteiger partial charge >= 0.3 is 0 Å². The van der Waals surface area contributed by atoms with E-state index in [0.29, 0.717) is 28.7 Å². The lowest BCUT2D eigenvalue weighted by molar-refractivity contribution is 0.521. The van der Waals surface area contributed by atoms with E-state index in [1.54, 1.807) is 50.2 Å². The maximum absolute atomic E-state index is 12.8. The molecule has 0 atom stereocenters. The van der Waals surface area contributed by atoms with Gasteiger partial charge in [0.1, 0.15) is 12.0 Å². The Morgan fingerprint density at radius 3 is 2.32 bits per heavy atom. The van der Waals surface area contributed by atoms with Gasteiger partial charge in [-0.15, -0.1) is 10.2 Å². The van der Waals surface area contributed by atoms with Crippen LogP contribution in [0.2, 0.25) is 0 Å². The number of rotatable bonds is 5. The summed E-state index contributed by atoms with van der Waals surface area (Å²) in [6.07, 6.45) is 1.53. The van der Waals surface area contributed by atoms with Gasteiger partial charge in [0.15, 0.2) is 5.89 Å². The highest BCUT2D eigenvalue weighted by atomic mass is 32.2. The van der Waals surface area contributed by atoms with Gasteiger partial charge < -0.3 is 8.83 Å². The lowest BCUT2D eigenvalue weighted by Crippen LogP contribution is -2.13. The van der Waals surface area contributed by atoms with Crippen molar-refractivity contribution in [1.82, 2.24) is 15.2 Å². The van der Waals surface area contributed by atoms with Gasteiger partial charge in [0.25, 0.3) is 10.0 Å². The van der Waals surface area contributed by atoms with Gasteiger partial charge in [-0.1, -0.05) is 24.3 Å². The van der Waals surface area contributed by atoms with E-state index < -0.39 is 10.0 Å². The largest absolute Gasteiger partial charge is 0.449 e. The van der Waals surface area contributed by atoms with Gasteiger partial charge in [-0.05, 0) is 24.3 Å². The SMILES string of the molecule is Cc1nc(-c2ccc(S(=O)(=O)Nc3ccccc3-c3nnc(C)o3)cc2)co1. The summed E-state index contributed by atoms with van der Waals surface area (Å²) in [5, 5.41) is 7.75. The Balaban J connectivity index is 1.63. The molecule has 2 aromatic carbocycles. The highest BCUT2D eigenvalue weighted by molar-refractivity contribution is 7.92. The molecule has 0 bridgehead atoms. The van der Waals surface area contributed by atoms with Gasteiger partial charge in [-0.3, -0.25) is 4.72 Å². The first-order valence-corrected chi connectivity index (χ1v) is 9.85. The van der Waals surface area contributed by atoms with E-state index in [1.165, 1.54) is 18.4 Å². The third kappa shape index (κ3) is 3.52. The molecule has 8 nitrogen and oxygen atoms in total. The van der Waals surface area contributed by atoms with Crippen LogP contribution in [0.25, 0.3) is 22.7 Å². The first-order chi connectivity index (χ1) is 13.4. The summed E-state index contributed by atoms with van der Waals surface area (Å²) in [6.45, 7) is 3.41. The molecule has 0 fully saturated rings. The quantitative estimate of drug-likeness (QED) is 0.546. The van der Waals surface area contributed by atoms with E-state index in [0.717, 1.165) is 5.56 Å². The second-order valence-electron chi connectivity index (χ2n) is 6.05. The average Bonchev–Trinajstić information content (AvgIpc) is 3.30. The number of nitrogens with one attached hydrogen (secondary N) is 1. The van der Waals surface area contributed by atoms with Crippen LogP contribution in [0.4, 0.5) is 5.69 Å². The third-order valence-corrected chi connectivity index (χ3v) is 5.39. The van der Waals surface area contributed by atoms with Crippen LogP contribution in [0.15, 0.2) is 68.5 Å². The number of oxazole rings is 1. The van der Waals surface area contributed by atoms with Crippen molar-refractivity contribution in [2.24, 2.45) is 0 Å². The minimum atomic E-state index is -3.81. The summed E-state index contributed by atoms with van der Waals surface area (Å²) in [6, 6.07) is 13.2. The Hall–Kier alpha value is -3.46. The Morgan fingerprint density at radius 1 is 0.929 bits per heavy atom. The van der Waals surface area contributed by atoms with E-state index >= 15 is 0 Å². The molecule has 0 radical (unpaired) electrons. The van der Waals surface area contributed by atoms with Gasteiger partial charge in [-0.25, -0.2) is 13.4 Å². The molecule has 0 spiro atoms. The molecular formula is C19H16N4O4S. The van der Waals surface area contributed by atoms with Crippen LogP contribution in [0, 0.1) is 13.8 Å². The maximum atomic E-state index is 12.8. The number of hydrogen-bond donors (Lipinski definition) is 1. The van der Waals surface area contributed by atoms with Crippen molar-refractivity contribution in [1.29, 1.82) is 0 Å². The van der Waals surface area contributed by atoms with Crippen LogP contribution in [0.1, 0.15) is 11.8 Å². The van der Waals surface area contributed by atoms with Gasteiger partial charge in [0.2, 0.25) is 11.8 Å². The molecule has 0 aliphatic carbocycles. The summed E-state index contributed by atoms with van der Waals surface area (Å²) >= 11 is 0. The molecule has 0 unspecified atom stereocenters. The second kappa shape index (κ2) is 6.93. The number of aryl methyl sites for hydroxylation is 2. The molecule has 0 aliphatic heterocycles. The smallest absolute Gasteiger partial charge is 0.261 e. The van der Waals surface area contributed by atoms with Crippen molar-refractivity contribution >= 4 is 15.7 Å². The van der Waals surface area contributed by atoms with Gasteiger partial charge in [-0.2, -0.15) is 0 Å². The average molecular weight is 396 g/mol. The van der Waals surface area contributed by atoms with E-state index in [2.05, 4.69) is 19.9 Å². The zero-order valence-electron chi connectivity index (χ0n) is 15.1. The molecule has 0 saturated carbocycles. The predicted molar refractivity (Wildman–Crippen MR) is 102 cm³/mol. The van der Waals surface area contributed by atoms with Crippen molar-refractivity contribution in [3.63, 3.8) is 0 Å². The zero-order valence-corrected chi connectivity index (χ0v) is 15.9. The summed E-state index contributed by atoms with van der Waals surface area (Å²) in [5.41, 5.74) is 2.26. The topological polar surface area (TPSA) is 111 Å². The normalized spacial score (nSPS) is 11.5. The van der Waals surface area contributed by atoms with Crippen LogP contribution in [-0.4, -0.2) is 23.6 Å². The molecule has 4 rings (SSSR count). The van der Waals surface area contributed by atoms with Crippen molar-refractivity contribution in [3.05, 3.63) is 66.6 Å². The lowest BCUT2D eigenvalue weighted by atomic mass is 10.2. The Bertz CT molecular complexity index is 1230. The third-order valence-electron chi connectivity index (χ3n) is 4.01. The maximum Gasteiger partial charge on any atom is 0.261 e. The van der Waals surface area contributed by atoms with Crippen molar-refractivity contribution in [2.45, 2.75) is 18.7 Å². The van der Waals surface area contributed by atoms with Crippen LogP contribution >= 0.6 is 0 Å². The van der Waals surface area contributed by atoms with Crippen LogP contribution in [-0.2, 0) is 10.0 Å². The molecule has 0 aliphatic rings. The second-order valence-corrected chi connectivity index (χ2v) is 7.74. The standard InChI is InChI=1S/C19H16N4O4S/c1-12-20-18(11-26-12)14-7-9-15(10-8-14)28(24,25)23-17-6-4-3-5-16(17)19-22-21-13(2)27-19/h3-11,23H,1-2H3. The molecule has 4 aromatic rings. The molecule has 0 saturated heterocycles. The molecule has 28 heavy (non-hydrogen) atoms. The van der Waals surface area contributed by atoms with Gasteiger partial charge in [0, 0.05) is 19.4 Å². The Kier molecular flexibility index (Phi) is 4.44. The number of sulfonamides is 1. The minimum Gasteiger partial charge on any atom is -0.449 e. The summed E-state index contributed by atoms with van der Waals surface area (Å²) in [5.74, 6) is 1.18. The highest BCUT2D eigenvalue weighted by Gasteiger charge is 2.19. The Morgan fingerprint density at radius 2 is 1.68 bits per heavy atom. The monoisotopic (exact) mass is 396 g/mol. The zero-order chi connectivity index (χ0) is 19.7. The van der Waals surface area contributed by atoms with Crippen molar-refractivity contribution < 1.29 is 17.3 Å². The fraction of sp³-hybridized carbons (Fsp3) is 0.105. The first kappa shape index (κ1) is 17.9. The van der Waals surface area contributed by atoms with E-state index in [9.17, 15) is 8.42 Å². The molecule has 2 aromatic heterocycles. The number of anilines is 1. The summed E-state index contributed by atoms with van der Waals surface area (Å²) < 4.78 is 38.9. The van der Waals surface area contributed by atoms with Crippen molar-refractivity contribution in [2.75, 3.05) is 4.72 Å². The molecule has 9 heteroatoms. The van der Waals surface area contributed by atoms with E-state index in [-0.39, 0.29) is 10.8 Å². The molecule has 0 amide bonds. The summed E-state index contributed by atoms with van der Waals surface area (Å²) in [7, 11) is -3.81. The molecule has 2 heterocycles. The first-order valence-electron chi connectivity index (χ1n) is 8.37. The lowest BCUT2D eigenvalue weighted by Gasteiger charge is -2.11.